The molecule has 1 aliphatic rings. The van der Waals surface area contributed by atoms with Crippen LogP contribution in [0.15, 0.2) is 103 Å². The molecule has 4 aromatic carbocycles. The fourth-order valence-electron chi connectivity index (χ4n) is 5.73. The van der Waals surface area contributed by atoms with Gasteiger partial charge in [0.2, 0.25) is 0 Å². The summed E-state index contributed by atoms with van der Waals surface area (Å²) in [4.78, 5) is 26.0. The molecule has 0 bridgehead atoms. The Balaban J connectivity index is 1.15. The van der Waals surface area contributed by atoms with E-state index in [1.54, 1.807) is 24.3 Å². The predicted octanol–water partition coefficient (Wildman–Crippen LogP) is 8.63. The zero-order chi connectivity index (χ0) is 32.5. The van der Waals surface area contributed by atoms with E-state index in [1.807, 2.05) is 61.5 Å². The Hall–Kier alpha value is -4.63. The van der Waals surface area contributed by atoms with E-state index in [-0.39, 0.29) is 24.0 Å². The second-order valence-electron chi connectivity index (χ2n) is 11.5. The van der Waals surface area contributed by atoms with Crippen molar-refractivity contribution in [3.8, 4) is 11.1 Å². The fourth-order valence-corrected chi connectivity index (χ4v) is 5.73. The van der Waals surface area contributed by atoms with Gasteiger partial charge >= 0.3 is 12.1 Å². The van der Waals surface area contributed by atoms with Crippen LogP contribution in [-0.4, -0.2) is 30.6 Å². The van der Waals surface area contributed by atoms with E-state index in [2.05, 4.69) is 16.0 Å². The van der Waals surface area contributed by atoms with Crippen molar-refractivity contribution in [2.45, 2.75) is 63.3 Å². The molecule has 0 aromatic heterocycles. The van der Waals surface area contributed by atoms with Crippen molar-refractivity contribution in [3.05, 3.63) is 120 Å². The number of alkyl halides is 3. The maximum atomic E-state index is 13.2. The zero-order valence-corrected chi connectivity index (χ0v) is 25.6. The molecule has 1 aliphatic carbocycles. The molecule has 1 amide bonds. The van der Waals surface area contributed by atoms with Crippen LogP contribution in [0.3, 0.4) is 0 Å². The van der Waals surface area contributed by atoms with Gasteiger partial charge in [0, 0.05) is 29.0 Å². The Morgan fingerprint density at radius 1 is 0.783 bits per heavy atom. The van der Waals surface area contributed by atoms with E-state index >= 15 is 0 Å². The molecule has 6 nitrogen and oxygen atoms in total. The van der Waals surface area contributed by atoms with Gasteiger partial charge in [-0.1, -0.05) is 67.6 Å². The van der Waals surface area contributed by atoms with Gasteiger partial charge in [-0.25, -0.2) is 4.79 Å². The average Bonchev–Trinajstić information content (AvgIpc) is 3.07. The van der Waals surface area contributed by atoms with Crippen molar-refractivity contribution in [2.75, 3.05) is 17.2 Å². The number of anilines is 2. The van der Waals surface area contributed by atoms with Crippen LogP contribution < -0.4 is 16.0 Å². The van der Waals surface area contributed by atoms with Crippen LogP contribution in [0.1, 0.15) is 66.6 Å². The van der Waals surface area contributed by atoms with Crippen LogP contribution in [0, 0.1) is 0 Å². The van der Waals surface area contributed by atoms with Gasteiger partial charge in [0.05, 0.1) is 12.2 Å². The van der Waals surface area contributed by atoms with Crippen LogP contribution in [0.25, 0.3) is 11.1 Å². The molecular formula is C37H38F3N3O3. The van der Waals surface area contributed by atoms with Gasteiger partial charge in [-0.15, -0.1) is 0 Å². The first-order valence-electron chi connectivity index (χ1n) is 15.6. The largest absolute Gasteiger partial charge is 0.464 e. The molecule has 0 heterocycles. The molecule has 1 atom stereocenters. The number of benzene rings is 4. The van der Waals surface area contributed by atoms with Crippen LogP contribution >= 0.6 is 0 Å². The van der Waals surface area contributed by atoms with Crippen LogP contribution in [0.2, 0.25) is 0 Å². The number of halogens is 3. The number of carbonyl (C=O) groups is 2. The predicted molar refractivity (Wildman–Crippen MR) is 175 cm³/mol. The first-order valence-corrected chi connectivity index (χ1v) is 15.6. The second-order valence-corrected chi connectivity index (χ2v) is 11.5. The van der Waals surface area contributed by atoms with E-state index in [4.69, 9.17) is 4.74 Å². The number of rotatable bonds is 11. The minimum Gasteiger partial charge on any atom is -0.464 e. The van der Waals surface area contributed by atoms with Crippen LogP contribution in [-0.2, 0) is 15.7 Å². The lowest BCUT2D eigenvalue weighted by Crippen LogP contribution is -2.42. The third kappa shape index (κ3) is 8.54. The summed E-state index contributed by atoms with van der Waals surface area (Å²) in [5.74, 6) is -0.599. The number of carbonyl (C=O) groups excluding carboxylic acids is 2. The number of amides is 1. The van der Waals surface area contributed by atoms with Crippen molar-refractivity contribution < 1.29 is 27.5 Å². The molecule has 0 saturated heterocycles. The molecule has 0 radical (unpaired) electrons. The summed E-state index contributed by atoms with van der Waals surface area (Å²) in [7, 11) is 0. The monoisotopic (exact) mass is 629 g/mol. The lowest BCUT2D eigenvalue weighted by atomic mass is 9.90. The molecule has 1 fully saturated rings. The van der Waals surface area contributed by atoms with Crippen molar-refractivity contribution >= 4 is 23.3 Å². The standard InChI is InChI=1S/C37H38F3N3O3/c1-2-24-46-36(45)34(26-8-4-3-5-9-26)42-30-20-16-28(17-21-30)41-29-18-22-31(23-19-29)43-35(44)33-11-7-6-10-32(33)25-12-14-27(15-13-25)37(38,39)40/h3-15,18-19,22-23,28,30,34,41-42H,2,16-17,20-21,24H2,1H3,(H,43,44). The Morgan fingerprint density at radius 3 is 2.04 bits per heavy atom. The highest BCUT2D eigenvalue weighted by Crippen LogP contribution is 2.32. The van der Waals surface area contributed by atoms with Crippen molar-refractivity contribution in [2.24, 2.45) is 0 Å². The third-order valence-corrected chi connectivity index (χ3v) is 8.16. The number of hydrogen-bond acceptors (Lipinski definition) is 5. The van der Waals surface area contributed by atoms with Crippen molar-refractivity contribution in [1.82, 2.24) is 5.32 Å². The summed E-state index contributed by atoms with van der Waals surface area (Å²) < 4.78 is 44.5. The maximum absolute atomic E-state index is 13.2. The molecule has 1 unspecified atom stereocenters. The third-order valence-electron chi connectivity index (χ3n) is 8.16. The van der Waals surface area contributed by atoms with Crippen LogP contribution in [0.4, 0.5) is 24.5 Å². The molecule has 240 valence electrons. The van der Waals surface area contributed by atoms with E-state index in [9.17, 15) is 22.8 Å². The van der Waals surface area contributed by atoms with Crippen LogP contribution in [0.5, 0.6) is 0 Å². The minimum absolute atomic E-state index is 0.195. The topological polar surface area (TPSA) is 79.5 Å². The van der Waals surface area contributed by atoms with E-state index in [0.29, 0.717) is 29.0 Å². The van der Waals surface area contributed by atoms with E-state index < -0.39 is 17.8 Å². The fraction of sp³-hybridized carbons (Fsp3) is 0.297. The van der Waals surface area contributed by atoms with Gasteiger partial charge in [-0.05, 0) is 91.3 Å². The summed E-state index contributed by atoms with van der Waals surface area (Å²) in [5, 5.41) is 10.0. The lowest BCUT2D eigenvalue weighted by molar-refractivity contribution is -0.146. The molecule has 5 rings (SSSR count). The second kappa shape index (κ2) is 15.1. The maximum Gasteiger partial charge on any atom is 0.416 e. The molecule has 1 saturated carbocycles. The summed E-state index contributed by atoms with van der Waals surface area (Å²) >= 11 is 0. The minimum atomic E-state index is -4.43. The molecule has 3 N–H and O–H groups in total. The summed E-state index contributed by atoms with van der Waals surface area (Å²) in [5.41, 5.74) is 3.14. The highest BCUT2D eigenvalue weighted by molar-refractivity contribution is 6.08. The summed E-state index contributed by atoms with van der Waals surface area (Å²) in [6.07, 6.45) is 0.0371. The Bertz CT molecular complexity index is 1580. The van der Waals surface area contributed by atoms with E-state index in [1.165, 1.54) is 12.1 Å². The van der Waals surface area contributed by atoms with Crippen molar-refractivity contribution in [3.63, 3.8) is 0 Å². The van der Waals surface area contributed by atoms with Gasteiger partial charge in [-0.2, -0.15) is 13.2 Å². The molecule has 46 heavy (non-hydrogen) atoms. The quantitative estimate of drug-likeness (QED) is 0.145. The van der Waals surface area contributed by atoms with Gasteiger partial charge in [0.1, 0.15) is 6.04 Å². The van der Waals surface area contributed by atoms with E-state index in [0.717, 1.165) is 55.5 Å². The number of nitrogens with one attached hydrogen (secondary N) is 3. The molecular weight excluding hydrogens is 591 g/mol. The van der Waals surface area contributed by atoms with Gasteiger partial charge in [0.15, 0.2) is 0 Å². The number of ether oxygens (including phenoxy) is 1. The molecule has 9 heteroatoms. The smallest absolute Gasteiger partial charge is 0.416 e. The first-order chi connectivity index (χ1) is 22.2. The molecule has 4 aromatic rings. The highest BCUT2D eigenvalue weighted by Gasteiger charge is 2.30. The van der Waals surface area contributed by atoms with Gasteiger partial charge < -0.3 is 15.4 Å². The van der Waals surface area contributed by atoms with Crippen molar-refractivity contribution in [1.29, 1.82) is 0 Å². The lowest BCUT2D eigenvalue weighted by Gasteiger charge is -2.32. The normalized spacial score (nSPS) is 17.1. The summed E-state index contributed by atoms with van der Waals surface area (Å²) in [6, 6.07) is 28.8. The highest BCUT2D eigenvalue weighted by atomic mass is 19.4. The summed E-state index contributed by atoms with van der Waals surface area (Å²) in [6.45, 7) is 2.38. The SMILES string of the molecule is CCCOC(=O)C(NC1CCC(Nc2ccc(NC(=O)c3ccccc3-c3ccc(C(F)(F)F)cc3)cc2)CC1)c1ccccc1. The van der Waals surface area contributed by atoms with Gasteiger partial charge in [-0.3, -0.25) is 10.1 Å². The number of esters is 1. The number of hydrogen-bond donors (Lipinski definition) is 3. The van der Waals surface area contributed by atoms with Gasteiger partial charge in [0.25, 0.3) is 5.91 Å². The Kier molecular flexibility index (Phi) is 10.8. The molecule has 0 aliphatic heterocycles. The Morgan fingerprint density at radius 2 is 1.39 bits per heavy atom. The molecule has 0 spiro atoms. The average molecular weight is 630 g/mol. The zero-order valence-electron chi connectivity index (χ0n) is 25.6. The first kappa shape index (κ1) is 32.8. The Labute approximate surface area is 267 Å².